The molecule has 0 saturated carbocycles. The number of piperidine rings is 1. The van der Waals surface area contributed by atoms with E-state index in [9.17, 15) is 14.4 Å². The maximum atomic E-state index is 12.3. The monoisotopic (exact) mass is 333 g/mol. The fraction of sp³-hybridized carbons (Fsp3) is 0.471. The predicted octanol–water partition coefficient (Wildman–Crippen LogP) is 2.61. The molecule has 1 aliphatic heterocycles. The highest BCUT2D eigenvalue weighted by Gasteiger charge is 2.28. The lowest BCUT2D eigenvalue weighted by molar-refractivity contribution is -0.143. The quantitative estimate of drug-likeness (QED) is 0.788. The number of nitrogens with zero attached hydrogens (tertiary/aromatic N) is 1. The molecule has 3 amide bonds. The van der Waals surface area contributed by atoms with Gasteiger partial charge in [0.05, 0.1) is 5.92 Å². The number of carbonyl (C=O) groups excluding carboxylic acids is 2. The molecule has 130 valence electrons. The van der Waals surface area contributed by atoms with Crippen LogP contribution in [0.1, 0.15) is 26.7 Å². The fourth-order valence-electron chi connectivity index (χ4n) is 2.53. The van der Waals surface area contributed by atoms with Crippen molar-refractivity contribution in [3.63, 3.8) is 0 Å². The van der Waals surface area contributed by atoms with Gasteiger partial charge >= 0.3 is 12.0 Å². The van der Waals surface area contributed by atoms with Crippen LogP contribution in [0.5, 0.6) is 0 Å². The maximum Gasteiger partial charge on any atom is 0.321 e. The summed E-state index contributed by atoms with van der Waals surface area (Å²) in [5.74, 6) is -1.62. The fourth-order valence-corrected chi connectivity index (χ4v) is 2.53. The van der Waals surface area contributed by atoms with Gasteiger partial charge in [0.1, 0.15) is 0 Å². The molecule has 24 heavy (non-hydrogen) atoms. The summed E-state index contributed by atoms with van der Waals surface area (Å²) in [5, 5.41) is 14.6. The topological polar surface area (TPSA) is 98.7 Å². The number of anilines is 2. The molecule has 1 heterocycles. The van der Waals surface area contributed by atoms with Crippen LogP contribution in [0.2, 0.25) is 0 Å². The van der Waals surface area contributed by atoms with Gasteiger partial charge in [-0.15, -0.1) is 0 Å². The molecule has 1 unspecified atom stereocenters. The Morgan fingerprint density at radius 1 is 1.21 bits per heavy atom. The highest BCUT2D eigenvalue weighted by molar-refractivity contribution is 5.94. The van der Waals surface area contributed by atoms with Gasteiger partial charge in [-0.2, -0.15) is 0 Å². The summed E-state index contributed by atoms with van der Waals surface area (Å²) in [6.07, 6.45) is 1.27. The third kappa shape index (κ3) is 4.71. The number of nitrogens with one attached hydrogen (secondary N) is 2. The number of amides is 3. The summed E-state index contributed by atoms with van der Waals surface area (Å²) in [6.45, 7) is 4.36. The van der Waals surface area contributed by atoms with Crippen molar-refractivity contribution in [2.45, 2.75) is 26.7 Å². The number of rotatable bonds is 4. The number of carboxylic acids is 1. The highest BCUT2D eigenvalue weighted by atomic mass is 16.4. The first kappa shape index (κ1) is 17.8. The molecule has 0 radical (unpaired) electrons. The van der Waals surface area contributed by atoms with Crippen LogP contribution in [0.15, 0.2) is 24.3 Å². The van der Waals surface area contributed by atoms with Crippen LogP contribution in [0, 0.1) is 11.8 Å². The van der Waals surface area contributed by atoms with E-state index in [1.165, 1.54) is 4.90 Å². The molecule has 1 fully saturated rings. The van der Waals surface area contributed by atoms with E-state index in [0.29, 0.717) is 30.8 Å². The van der Waals surface area contributed by atoms with Gasteiger partial charge in [0.2, 0.25) is 5.91 Å². The predicted molar refractivity (Wildman–Crippen MR) is 90.9 cm³/mol. The number of urea groups is 1. The standard InChI is InChI=1S/C17H23N3O4/c1-11(2)15(21)18-13-6-3-7-14(9-13)19-17(24)20-8-4-5-12(10-20)16(22)23/h3,6-7,9,11-12H,4-5,8,10H2,1-2H3,(H,18,21)(H,19,24)(H,22,23). The Hall–Kier alpha value is -2.57. The van der Waals surface area contributed by atoms with Crippen molar-refractivity contribution in [2.75, 3.05) is 23.7 Å². The van der Waals surface area contributed by atoms with Gasteiger partial charge in [0.15, 0.2) is 0 Å². The van der Waals surface area contributed by atoms with E-state index < -0.39 is 11.9 Å². The van der Waals surface area contributed by atoms with E-state index in [4.69, 9.17) is 5.11 Å². The molecular formula is C17H23N3O4. The van der Waals surface area contributed by atoms with Crippen molar-refractivity contribution < 1.29 is 19.5 Å². The molecule has 0 bridgehead atoms. The van der Waals surface area contributed by atoms with Crippen LogP contribution < -0.4 is 10.6 Å². The van der Waals surface area contributed by atoms with Crippen molar-refractivity contribution in [3.8, 4) is 0 Å². The summed E-state index contributed by atoms with van der Waals surface area (Å²) >= 11 is 0. The summed E-state index contributed by atoms with van der Waals surface area (Å²) in [5.41, 5.74) is 1.16. The number of likely N-dealkylation sites (tertiary alicyclic amines) is 1. The second-order valence-electron chi connectivity index (χ2n) is 6.28. The summed E-state index contributed by atoms with van der Waals surface area (Å²) in [6, 6.07) is 6.56. The van der Waals surface area contributed by atoms with E-state index >= 15 is 0 Å². The number of hydrogen-bond donors (Lipinski definition) is 3. The average Bonchev–Trinajstić information content (AvgIpc) is 2.55. The minimum Gasteiger partial charge on any atom is -0.481 e. The van der Waals surface area contributed by atoms with Crippen molar-refractivity contribution in [3.05, 3.63) is 24.3 Å². The normalized spacial score (nSPS) is 17.5. The summed E-state index contributed by atoms with van der Waals surface area (Å²) in [4.78, 5) is 36.6. The SMILES string of the molecule is CC(C)C(=O)Nc1cccc(NC(=O)N2CCCC(C(=O)O)C2)c1. The third-order valence-corrected chi connectivity index (χ3v) is 3.96. The lowest BCUT2D eigenvalue weighted by Crippen LogP contribution is -2.44. The minimum atomic E-state index is -0.870. The van der Waals surface area contributed by atoms with E-state index in [2.05, 4.69) is 10.6 Å². The van der Waals surface area contributed by atoms with Gasteiger partial charge < -0.3 is 20.6 Å². The third-order valence-electron chi connectivity index (χ3n) is 3.96. The molecule has 3 N–H and O–H groups in total. The number of aliphatic carboxylic acids is 1. The van der Waals surface area contributed by atoms with Crippen LogP contribution in [-0.4, -0.2) is 41.0 Å². The van der Waals surface area contributed by atoms with Crippen molar-refractivity contribution in [1.29, 1.82) is 0 Å². The average molecular weight is 333 g/mol. The molecule has 1 aromatic carbocycles. The number of benzene rings is 1. The molecule has 7 nitrogen and oxygen atoms in total. The highest BCUT2D eigenvalue weighted by Crippen LogP contribution is 2.20. The van der Waals surface area contributed by atoms with Crippen LogP contribution in [0.25, 0.3) is 0 Å². The Morgan fingerprint density at radius 2 is 1.88 bits per heavy atom. The van der Waals surface area contributed by atoms with E-state index in [1.807, 2.05) is 0 Å². The van der Waals surface area contributed by atoms with Crippen LogP contribution >= 0.6 is 0 Å². The second-order valence-corrected chi connectivity index (χ2v) is 6.28. The molecule has 1 aromatic rings. The van der Waals surface area contributed by atoms with Crippen molar-refractivity contribution >= 4 is 29.3 Å². The Balaban J connectivity index is 1.98. The van der Waals surface area contributed by atoms with Crippen LogP contribution in [-0.2, 0) is 9.59 Å². The molecule has 2 rings (SSSR count). The van der Waals surface area contributed by atoms with E-state index in [-0.39, 0.29) is 24.4 Å². The van der Waals surface area contributed by atoms with Gasteiger partial charge in [-0.25, -0.2) is 4.79 Å². The van der Waals surface area contributed by atoms with Gasteiger partial charge in [-0.1, -0.05) is 19.9 Å². The van der Waals surface area contributed by atoms with Gasteiger partial charge in [-0.3, -0.25) is 9.59 Å². The number of carboxylic acid groups (broad SMARTS) is 1. The first-order valence-electron chi connectivity index (χ1n) is 8.06. The molecular weight excluding hydrogens is 310 g/mol. The number of hydrogen-bond acceptors (Lipinski definition) is 3. The lowest BCUT2D eigenvalue weighted by atomic mass is 9.99. The lowest BCUT2D eigenvalue weighted by Gasteiger charge is -2.30. The van der Waals surface area contributed by atoms with Gasteiger partial charge in [-0.05, 0) is 31.0 Å². The van der Waals surface area contributed by atoms with E-state index in [1.54, 1.807) is 38.1 Å². The summed E-state index contributed by atoms with van der Waals surface area (Å²) < 4.78 is 0. The Bertz CT molecular complexity index is 630. The van der Waals surface area contributed by atoms with Crippen molar-refractivity contribution in [1.82, 2.24) is 4.90 Å². The number of carbonyl (C=O) groups is 3. The van der Waals surface area contributed by atoms with E-state index in [0.717, 1.165) is 0 Å². The molecule has 0 aromatic heterocycles. The first-order valence-corrected chi connectivity index (χ1v) is 8.06. The Labute approximate surface area is 141 Å². The zero-order valence-corrected chi connectivity index (χ0v) is 13.9. The minimum absolute atomic E-state index is 0.0983. The molecule has 1 atom stereocenters. The largest absolute Gasteiger partial charge is 0.481 e. The van der Waals surface area contributed by atoms with Gasteiger partial charge in [0, 0.05) is 30.4 Å². The Kier molecular flexibility index (Phi) is 5.78. The molecule has 0 aliphatic carbocycles. The van der Waals surface area contributed by atoms with Gasteiger partial charge in [0.25, 0.3) is 0 Å². The van der Waals surface area contributed by atoms with Crippen LogP contribution in [0.4, 0.5) is 16.2 Å². The smallest absolute Gasteiger partial charge is 0.321 e. The zero-order valence-electron chi connectivity index (χ0n) is 13.9. The van der Waals surface area contributed by atoms with Crippen molar-refractivity contribution in [2.24, 2.45) is 11.8 Å². The summed E-state index contributed by atoms with van der Waals surface area (Å²) in [7, 11) is 0. The molecule has 7 heteroatoms. The molecule has 1 saturated heterocycles. The Morgan fingerprint density at radius 3 is 2.50 bits per heavy atom. The zero-order chi connectivity index (χ0) is 17.7. The molecule has 1 aliphatic rings. The second kappa shape index (κ2) is 7.81. The molecule has 0 spiro atoms. The maximum absolute atomic E-state index is 12.3. The van der Waals surface area contributed by atoms with Crippen LogP contribution in [0.3, 0.4) is 0 Å². The first-order chi connectivity index (χ1) is 11.4.